The van der Waals surface area contributed by atoms with E-state index in [1.165, 1.54) is 0 Å². The van der Waals surface area contributed by atoms with Crippen LogP contribution in [0.4, 0.5) is 10.5 Å². The maximum absolute atomic E-state index is 9.00. The summed E-state index contributed by atoms with van der Waals surface area (Å²) in [7, 11) is 0. The van der Waals surface area contributed by atoms with Gasteiger partial charge in [-0.2, -0.15) is 0 Å². The average Bonchev–Trinajstić information content (AvgIpc) is 1.87. The lowest BCUT2D eigenvalue weighted by atomic mass is 10.3. The van der Waals surface area contributed by atoms with Gasteiger partial charge in [-0.25, -0.2) is 4.79 Å². The number of carbonyl (C=O) groups excluding carboxylic acids is 1. The maximum atomic E-state index is 9.00. The molecule has 4 nitrogen and oxygen atoms in total. The lowest BCUT2D eigenvalue weighted by Gasteiger charge is -1.83. The molecule has 1 aromatic rings. The van der Waals surface area contributed by atoms with Gasteiger partial charge in [0.15, 0.2) is 0 Å². The van der Waals surface area contributed by atoms with E-state index in [0.29, 0.717) is 0 Å². The van der Waals surface area contributed by atoms with Crippen molar-refractivity contribution in [2.75, 3.05) is 5.73 Å². The normalized spacial score (nSPS) is 7.00. The molecule has 0 unspecified atom stereocenters. The Hall–Kier alpha value is -1.42. The van der Waals surface area contributed by atoms with E-state index in [-0.39, 0.29) is 12.4 Å². The van der Waals surface area contributed by atoms with E-state index in [1.54, 1.807) is 0 Å². The van der Waals surface area contributed by atoms with Gasteiger partial charge in [-0.3, -0.25) is 0 Å². The first-order valence-corrected chi connectivity index (χ1v) is 2.98. The fourth-order valence-corrected chi connectivity index (χ4v) is 0.453. The predicted molar refractivity (Wildman–Crippen MR) is 51.9 cm³/mol. The molecule has 0 aromatic heterocycles. The second kappa shape index (κ2) is 7.68. The largest absolute Gasteiger partial charge is 0.399 e. The third kappa shape index (κ3) is 11.4. The lowest BCUT2D eigenvalue weighted by molar-refractivity contribution is 0.256. The van der Waals surface area contributed by atoms with Gasteiger partial charge in [0.25, 0.3) is 0 Å². The third-order valence-electron chi connectivity index (χ3n) is 0.800. The van der Waals surface area contributed by atoms with Crippen molar-refractivity contribution in [3.05, 3.63) is 30.3 Å². The number of amides is 2. The van der Waals surface area contributed by atoms with Gasteiger partial charge in [-0.15, -0.1) is 12.4 Å². The van der Waals surface area contributed by atoms with Crippen LogP contribution in [0.3, 0.4) is 0 Å². The molecule has 1 aromatic carbocycles. The number of carbonyl (C=O) groups is 1. The monoisotopic (exact) mass is 189 g/mol. The number of para-hydroxylation sites is 1. The van der Waals surface area contributed by atoms with Crippen molar-refractivity contribution in [1.82, 2.24) is 0 Å². The highest BCUT2D eigenvalue weighted by Gasteiger charge is 1.72. The molecule has 0 heterocycles. The summed E-state index contributed by atoms with van der Waals surface area (Å²) in [6, 6.07) is 8.65. The van der Waals surface area contributed by atoms with Gasteiger partial charge in [0.1, 0.15) is 0 Å². The fraction of sp³-hybridized carbons (Fsp3) is 0. The molecule has 0 aliphatic carbocycles. The highest BCUT2D eigenvalue weighted by atomic mass is 35.5. The van der Waals surface area contributed by atoms with Crippen LogP contribution in [0, 0.1) is 0 Å². The molecule has 0 spiro atoms. The molecular weight excluding hydrogens is 178 g/mol. The van der Waals surface area contributed by atoms with Gasteiger partial charge >= 0.3 is 6.03 Å². The number of nitrogens with two attached hydrogens (primary N) is 3. The first-order chi connectivity index (χ1) is 5.13. The number of halogens is 1. The molecule has 0 saturated carbocycles. The number of hydrogen-bond donors (Lipinski definition) is 3. The van der Waals surface area contributed by atoms with Gasteiger partial charge in [0, 0.05) is 5.69 Å². The Bertz CT molecular complexity index is 211. The lowest BCUT2D eigenvalue weighted by Crippen LogP contribution is -2.18. The zero-order chi connectivity index (χ0) is 8.69. The van der Waals surface area contributed by atoms with E-state index >= 15 is 0 Å². The van der Waals surface area contributed by atoms with Crippen molar-refractivity contribution in [2.24, 2.45) is 11.5 Å². The molecule has 6 N–H and O–H groups in total. The van der Waals surface area contributed by atoms with Crippen molar-refractivity contribution in [3.8, 4) is 0 Å². The number of primary amides is 2. The molecule has 0 bridgehead atoms. The van der Waals surface area contributed by atoms with Gasteiger partial charge in [-0.1, -0.05) is 18.2 Å². The zero-order valence-corrected chi connectivity index (χ0v) is 7.25. The van der Waals surface area contributed by atoms with Crippen LogP contribution in [0.1, 0.15) is 0 Å². The molecule has 1 rings (SSSR count). The third-order valence-corrected chi connectivity index (χ3v) is 0.800. The topological polar surface area (TPSA) is 95.1 Å². The first kappa shape index (κ1) is 13.2. The summed E-state index contributed by atoms with van der Waals surface area (Å²) in [4.78, 5) is 9.00. The summed E-state index contributed by atoms with van der Waals surface area (Å²) in [5.41, 5.74) is 14.7. The number of hydrogen-bond acceptors (Lipinski definition) is 2. The van der Waals surface area contributed by atoms with Crippen molar-refractivity contribution in [3.63, 3.8) is 0 Å². The van der Waals surface area contributed by atoms with Crippen LogP contribution in [0.15, 0.2) is 30.3 Å². The first-order valence-electron chi connectivity index (χ1n) is 2.98. The standard InChI is InChI=1S/C6H7N.CH4N2O.ClH/c7-6-4-2-1-3-5-6;2-1(3)4;/h1-5H,7H2;(H4,2,3,4);1H. The van der Waals surface area contributed by atoms with E-state index in [4.69, 9.17) is 10.5 Å². The molecule has 0 atom stereocenters. The summed E-state index contributed by atoms with van der Waals surface area (Å²) >= 11 is 0. The highest BCUT2D eigenvalue weighted by molar-refractivity contribution is 5.85. The van der Waals surface area contributed by atoms with E-state index in [9.17, 15) is 0 Å². The summed E-state index contributed by atoms with van der Waals surface area (Å²) in [6.07, 6.45) is 0. The fourth-order valence-electron chi connectivity index (χ4n) is 0.453. The van der Waals surface area contributed by atoms with Crippen LogP contribution < -0.4 is 17.2 Å². The minimum absolute atomic E-state index is 0. The number of anilines is 1. The van der Waals surface area contributed by atoms with Crippen molar-refractivity contribution < 1.29 is 4.79 Å². The SMILES string of the molecule is Cl.NC(N)=O.Nc1ccccc1. The molecule has 2 amide bonds. The Labute approximate surface area is 77.1 Å². The minimum atomic E-state index is -0.833. The molecule has 0 saturated heterocycles. The van der Waals surface area contributed by atoms with E-state index in [1.807, 2.05) is 30.3 Å². The molecule has 0 aliphatic rings. The van der Waals surface area contributed by atoms with Gasteiger partial charge in [-0.05, 0) is 12.1 Å². The Kier molecular flexibility index (Phi) is 8.45. The van der Waals surface area contributed by atoms with E-state index in [2.05, 4.69) is 11.5 Å². The molecule has 0 radical (unpaired) electrons. The number of benzene rings is 1. The Morgan fingerprint density at radius 3 is 1.58 bits per heavy atom. The number of urea groups is 1. The summed E-state index contributed by atoms with van der Waals surface area (Å²) < 4.78 is 0. The smallest absolute Gasteiger partial charge is 0.309 e. The average molecular weight is 190 g/mol. The van der Waals surface area contributed by atoms with Crippen LogP contribution in [0.25, 0.3) is 0 Å². The van der Waals surface area contributed by atoms with Gasteiger partial charge < -0.3 is 17.2 Å². The zero-order valence-electron chi connectivity index (χ0n) is 6.44. The summed E-state index contributed by atoms with van der Waals surface area (Å²) in [6.45, 7) is 0. The Morgan fingerprint density at radius 1 is 1.08 bits per heavy atom. The second-order valence-electron chi connectivity index (χ2n) is 1.81. The number of nitrogen functional groups attached to an aromatic ring is 1. The molecular formula is C7H12ClN3O. The van der Waals surface area contributed by atoms with Gasteiger partial charge in [0.2, 0.25) is 0 Å². The quantitative estimate of drug-likeness (QED) is 0.525. The highest BCUT2D eigenvalue weighted by Crippen LogP contribution is 1.95. The Morgan fingerprint density at radius 2 is 1.42 bits per heavy atom. The molecule has 0 fully saturated rings. The molecule has 5 heteroatoms. The molecule has 0 aliphatic heterocycles. The second-order valence-corrected chi connectivity index (χ2v) is 1.81. The van der Waals surface area contributed by atoms with E-state index in [0.717, 1.165) is 5.69 Å². The summed E-state index contributed by atoms with van der Waals surface area (Å²) in [5, 5.41) is 0. The van der Waals surface area contributed by atoms with Crippen LogP contribution in [-0.2, 0) is 0 Å². The van der Waals surface area contributed by atoms with Crippen molar-refractivity contribution >= 4 is 24.1 Å². The van der Waals surface area contributed by atoms with Crippen LogP contribution >= 0.6 is 12.4 Å². The predicted octanol–water partition coefficient (Wildman–Crippen LogP) is 0.714. The van der Waals surface area contributed by atoms with Crippen LogP contribution in [0.2, 0.25) is 0 Å². The van der Waals surface area contributed by atoms with Crippen LogP contribution in [0.5, 0.6) is 0 Å². The van der Waals surface area contributed by atoms with Crippen molar-refractivity contribution in [2.45, 2.75) is 0 Å². The minimum Gasteiger partial charge on any atom is -0.399 e. The molecule has 68 valence electrons. The van der Waals surface area contributed by atoms with Crippen molar-refractivity contribution in [1.29, 1.82) is 0 Å². The van der Waals surface area contributed by atoms with Gasteiger partial charge in [0.05, 0.1) is 0 Å². The number of rotatable bonds is 0. The molecule has 12 heavy (non-hydrogen) atoms. The summed E-state index contributed by atoms with van der Waals surface area (Å²) in [5.74, 6) is 0. The maximum Gasteiger partial charge on any atom is 0.309 e. The van der Waals surface area contributed by atoms with Crippen LogP contribution in [-0.4, -0.2) is 6.03 Å². The Balaban J connectivity index is 0. The van der Waals surface area contributed by atoms with E-state index < -0.39 is 6.03 Å².